The highest BCUT2D eigenvalue weighted by Crippen LogP contribution is 2.28. The zero-order chi connectivity index (χ0) is 20.6. The number of amides is 1. The molecule has 0 fully saturated rings. The molecule has 0 spiro atoms. The van der Waals surface area contributed by atoms with Gasteiger partial charge in [0, 0.05) is 6.54 Å². The molecule has 0 aliphatic heterocycles. The van der Waals surface area contributed by atoms with Crippen LogP contribution < -0.4 is 14.8 Å². The first-order valence-electron chi connectivity index (χ1n) is 9.45. The van der Waals surface area contributed by atoms with Crippen LogP contribution in [0.25, 0.3) is 11.6 Å². The van der Waals surface area contributed by atoms with Gasteiger partial charge in [0.15, 0.2) is 23.0 Å². The average molecular weight is 400 g/mol. The Hall–Kier alpha value is -3.43. The monoisotopic (exact) mass is 400 g/mol. The van der Waals surface area contributed by atoms with Crippen LogP contribution in [-0.2, 0) is 17.8 Å². The van der Waals surface area contributed by atoms with Gasteiger partial charge in [-0.05, 0) is 38.5 Å². The van der Waals surface area contributed by atoms with Crippen LogP contribution in [0.15, 0.2) is 28.9 Å². The van der Waals surface area contributed by atoms with Crippen LogP contribution in [0.2, 0.25) is 0 Å². The van der Waals surface area contributed by atoms with Crippen LogP contribution in [0.3, 0.4) is 0 Å². The molecular weight excluding hydrogens is 376 g/mol. The number of aryl methyl sites for hydroxylation is 1. The molecule has 0 saturated heterocycles. The molecule has 1 amide bonds. The minimum absolute atomic E-state index is 0.0931. The molecular formula is C19H24N6O4. The van der Waals surface area contributed by atoms with E-state index in [1.165, 1.54) is 0 Å². The number of benzene rings is 1. The zero-order valence-corrected chi connectivity index (χ0v) is 16.7. The van der Waals surface area contributed by atoms with Crippen molar-refractivity contribution < 1.29 is 18.8 Å². The summed E-state index contributed by atoms with van der Waals surface area (Å²) < 4.78 is 17.8. The first kappa shape index (κ1) is 20.3. The van der Waals surface area contributed by atoms with Crippen molar-refractivity contribution in [3.8, 4) is 23.1 Å². The zero-order valence-electron chi connectivity index (χ0n) is 16.7. The predicted octanol–water partition coefficient (Wildman–Crippen LogP) is 1.79. The van der Waals surface area contributed by atoms with E-state index in [0.717, 1.165) is 5.56 Å². The fraction of sp³-hybridized carbons (Fsp3) is 0.421. The van der Waals surface area contributed by atoms with E-state index in [1.54, 1.807) is 17.8 Å². The molecule has 0 bridgehead atoms. The number of aromatic nitrogens is 5. The van der Waals surface area contributed by atoms with E-state index >= 15 is 0 Å². The maximum Gasteiger partial charge on any atom is 0.280 e. The van der Waals surface area contributed by atoms with Gasteiger partial charge in [-0.3, -0.25) is 4.79 Å². The quantitative estimate of drug-likeness (QED) is 0.547. The summed E-state index contributed by atoms with van der Waals surface area (Å²) in [6.45, 7) is 7.52. The third-order valence-electron chi connectivity index (χ3n) is 3.92. The normalized spacial score (nSPS) is 10.7. The predicted molar refractivity (Wildman–Crippen MR) is 104 cm³/mol. The standard InChI is InChI=1S/C19H24N6O4/c1-4-27-16-7-6-14(10-17(16)28-5-2)11-18(26)20-8-9-25-12-15(22-24-25)19-21-13(3)23-29-19/h6-7,10,12H,4-5,8-9,11H2,1-3H3,(H,20,26). The van der Waals surface area contributed by atoms with Crippen LogP contribution >= 0.6 is 0 Å². The maximum atomic E-state index is 12.3. The molecule has 2 aromatic heterocycles. The molecule has 10 heteroatoms. The Kier molecular flexibility index (Phi) is 6.77. The lowest BCUT2D eigenvalue weighted by Gasteiger charge is -2.12. The first-order valence-corrected chi connectivity index (χ1v) is 9.45. The Morgan fingerprint density at radius 1 is 1.21 bits per heavy atom. The van der Waals surface area contributed by atoms with Gasteiger partial charge in [0.1, 0.15) is 0 Å². The maximum absolute atomic E-state index is 12.3. The van der Waals surface area contributed by atoms with Gasteiger partial charge in [0.25, 0.3) is 5.89 Å². The first-order chi connectivity index (χ1) is 14.1. The minimum Gasteiger partial charge on any atom is -0.490 e. The van der Waals surface area contributed by atoms with E-state index in [2.05, 4.69) is 25.8 Å². The van der Waals surface area contributed by atoms with Crippen molar-refractivity contribution in [2.75, 3.05) is 19.8 Å². The van der Waals surface area contributed by atoms with Crippen molar-refractivity contribution in [1.82, 2.24) is 30.5 Å². The summed E-state index contributed by atoms with van der Waals surface area (Å²) in [5, 5.41) is 14.6. The van der Waals surface area contributed by atoms with Gasteiger partial charge < -0.3 is 19.3 Å². The van der Waals surface area contributed by atoms with Gasteiger partial charge in [-0.15, -0.1) is 5.10 Å². The summed E-state index contributed by atoms with van der Waals surface area (Å²) in [6, 6.07) is 5.53. The molecule has 2 heterocycles. The smallest absolute Gasteiger partial charge is 0.280 e. The fourth-order valence-corrected chi connectivity index (χ4v) is 2.67. The Labute approximate surface area is 168 Å². The van der Waals surface area contributed by atoms with Gasteiger partial charge in [-0.1, -0.05) is 16.4 Å². The van der Waals surface area contributed by atoms with E-state index in [1.807, 2.05) is 32.0 Å². The van der Waals surface area contributed by atoms with E-state index in [0.29, 0.717) is 55.2 Å². The summed E-state index contributed by atoms with van der Waals surface area (Å²) in [6.07, 6.45) is 1.94. The largest absolute Gasteiger partial charge is 0.490 e. The van der Waals surface area contributed by atoms with Crippen molar-refractivity contribution in [1.29, 1.82) is 0 Å². The third-order valence-corrected chi connectivity index (χ3v) is 3.92. The molecule has 3 rings (SSSR count). The highest BCUT2D eigenvalue weighted by atomic mass is 16.5. The lowest BCUT2D eigenvalue weighted by atomic mass is 10.1. The van der Waals surface area contributed by atoms with Gasteiger partial charge in [0.2, 0.25) is 5.91 Å². The number of hydrogen-bond donors (Lipinski definition) is 1. The Bertz CT molecular complexity index is 952. The number of nitrogens with zero attached hydrogens (tertiary/aromatic N) is 5. The van der Waals surface area contributed by atoms with Crippen LogP contribution in [0.1, 0.15) is 25.2 Å². The third kappa shape index (κ3) is 5.53. The van der Waals surface area contributed by atoms with Gasteiger partial charge in [0.05, 0.1) is 32.4 Å². The van der Waals surface area contributed by atoms with E-state index in [-0.39, 0.29) is 12.3 Å². The summed E-state index contributed by atoms with van der Waals surface area (Å²) in [5.74, 6) is 2.08. The summed E-state index contributed by atoms with van der Waals surface area (Å²) in [7, 11) is 0. The van der Waals surface area contributed by atoms with Gasteiger partial charge >= 0.3 is 0 Å². The van der Waals surface area contributed by atoms with Crippen LogP contribution in [-0.4, -0.2) is 50.8 Å². The average Bonchev–Trinajstić information content (AvgIpc) is 3.33. The second kappa shape index (κ2) is 9.67. The molecule has 154 valence electrons. The van der Waals surface area contributed by atoms with Crippen molar-refractivity contribution in [2.24, 2.45) is 0 Å². The van der Waals surface area contributed by atoms with Crippen molar-refractivity contribution in [2.45, 2.75) is 33.7 Å². The second-order valence-corrected chi connectivity index (χ2v) is 6.19. The number of rotatable bonds is 10. The number of nitrogens with one attached hydrogen (secondary N) is 1. The fourth-order valence-electron chi connectivity index (χ4n) is 2.67. The van der Waals surface area contributed by atoms with Gasteiger partial charge in [-0.2, -0.15) is 4.98 Å². The summed E-state index contributed by atoms with van der Waals surface area (Å²) in [5.41, 5.74) is 1.35. The van der Waals surface area contributed by atoms with Gasteiger partial charge in [-0.25, -0.2) is 4.68 Å². The second-order valence-electron chi connectivity index (χ2n) is 6.19. The lowest BCUT2D eigenvalue weighted by Crippen LogP contribution is -2.28. The molecule has 29 heavy (non-hydrogen) atoms. The molecule has 0 saturated carbocycles. The van der Waals surface area contributed by atoms with E-state index < -0.39 is 0 Å². The number of carbonyl (C=O) groups is 1. The molecule has 0 aliphatic rings. The van der Waals surface area contributed by atoms with Crippen LogP contribution in [0.4, 0.5) is 0 Å². The highest BCUT2D eigenvalue weighted by Gasteiger charge is 2.12. The van der Waals surface area contributed by atoms with Crippen LogP contribution in [0, 0.1) is 6.92 Å². The highest BCUT2D eigenvalue weighted by molar-refractivity contribution is 5.78. The topological polar surface area (TPSA) is 117 Å². The molecule has 1 N–H and O–H groups in total. The molecule has 3 aromatic rings. The Morgan fingerprint density at radius 3 is 2.72 bits per heavy atom. The Morgan fingerprint density at radius 2 is 2.00 bits per heavy atom. The minimum atomic E-state index is -0.0931. The van der Waals surface area contributed by atoms with Crippen molar-refractivity contribution in [3.05, 3.63) is 35.8 Å². The number of carbonyl (C=O) groups excluding carboxylic acids is 1. The van der Waals surface area contributed by atoms with Crippen LogP contribution in [0.5, 0.6) is 11.5 Å². The number of ether oxygens (including phenoxy) is 2. The molecule has 1 aromatic carbocycles. The SMILES string of the molecule is CCOc1ccc(CC(=O)NCCn2cc(-c3nc(C)no3)nn2)cc1OCC. The molecule has 10 nitrogen and oxygen atoms in total. The van der Waals surface area contributed by atoms with E-state index in [4.69, 9.17) is 14.0 Å². The number of hydrogen-bond acceptors (Lipinski definition) is 8. The molecule has 0 aliphatic carbocycles. The van der Waals surface area contributed by atoms with Crippen molar-refractivity contribution >= 4 is 5.91 Å². The van der Waals surface area contributed by atoms with E-state index in [9.17, 15) is 4.79 Å². The lowest BCUT2D eigenvalue weighted by molar-refractivity contribution is -0.120. The van der Waals surface area contributed by atoms with Crippen molar-refractivity contribution in [3.63, 3.8) is 0 Å². The molecule has 0 radical (unpaired) electrons. The molecule has 0 atom stereocenters. The summed E-state index contributed by atoms with van der Waals surface area (Å²) >= 11 is 0. The Balaban J connectivity index is 1.50. The summed E-state index contributed by atoms with van der Waals surface area (Å²) in [4.78, 5) is 16.4. The molecule has 0 unspecified atom stereocenters.